The summed E-state index contributed by atoms with van der Waals surface area (Å²) in [5.74, 6) is 0.802. The Kier molecular flexibility index (Phi) is 3.97. The fourth-order valence-corrected chi connectivity index (χ4v) is 4.74. The molecule has 1 aromatic heterocycles. The molecule has 0 aromatic carbocycles. The molecule has 14 heavy (non-hydrogen) atoms. The highest BCUT2D eigenvalue weighted by atomic mass is 79.9. The van der Waals surface area contributed by atoms with Crippen LogP contribution in [0.1, 0.15) is 35.4 Å². The van der Waals surface area contributed by atoms with E-state index in [1.165, 1.54) is 30.6 Å². The lowest BCUT2D eigenvalue weighted by atomic mass is 10.0. The minimum Gasteiger partial charge on any atom is -0.130 e. The Morgan fingerprint density at radius 1 is 1.43 bits per heavy atom. The molecule has 0 radical (unpaired) electrons. The Balaban J connectivity index is 2.13. The van der Waals surface area contributed by atoms with Crippen molar-refractivity contribution in [2.24, 2.45) is 5.92 Å². The van der Waals surface area contributed by atoms with E-state index in [1.54, 1.807) is 11.3 Å². The van der Waals surface area contributed by atoms with Crippen LogP contribution in [0.25, 0.3) is 0 Å². The summed E-state index contributed by atoms with van der Waals surface area (Å²) in [5, 5.41) is 0.840. The van der Waals surface area contributed by atoms with Crippen molar-refractivity contribution in [3.8, 4) is 0 Å². The topological polar surface area (TPSA) is 0 Å². The van der Waals surface area contributed by atoms with Crippen LogP contribution >= 0.6 is 54.8 Å². The largest absolute Gasteiger partial charge is 0.130 e. The molecular weight excluding hydrogens is 347 g/mol. The van der Waals surface area contributed by atoms with Gasteiger partial charge >= 0.3 is 0 Å². The number of hydrogen-bond acceptors (Lipinski definition) is 1. The molecular formula is C10H11Br2ClS. The summed E-state index contributed by atoms with van der Waals surface area (Å²) in [7, 11) is 0. The van der Waals surface area contributed by atoms with E-state index in [0.717, 1.165) is 14.7 Å². The second kappa shape index (κ2) is 4.86. The fourth-order valence-electron chi connectivity index (χ4n) is 1.98. The molecule has 1 unspecified atom stereocenters. The number of rotatable bonds is 2. The van der Waals surface area contributed by atoms with Gasteiger partial charge in [-0.2, -0.15) is 0 Å². The third kappa shape index (κ3) is 2.37. The lowest BCUT2D eigenvalue weighted by Gasteiger charge is -2.14. The first kappa shape index (κ1) is 11.4. The molecule has 1 aliphatic rings. The lowest BCUT2D eigenvalue weighted by molar-refractivity contribution is 0.546. The summed E-state index contributed by atoms with van der Waals surface area (Å²) in [6.45, 7) is 0. The first-order valence-electron chi connectivity index (χ1n) is 4.77. The van der Waals surface area contributed by atoms with Gasteiger partial charge in [0.2, 0.25) is 0 Å². The Morgan fingerprint density at radius 2 is 2.07 bits per heavy atom. The van der Waals surface area contributed by atoms with Crippen molar-refractivity contribution >= 4 is 54.8 Å². The van der Waals surface area contributed by atoms with E-state index in [4.69, 9.17) is 11.6 Å². The molecule has 1 fully saturated rings. The van der Waals surface area contributed by atoms with Gasteiger partial charge in [-0.1, -0.05) is 40.4 Å². The van der Waals surface area contributed by atoms with E-state index in [2.05, 4.69) is 37.9 Å². The lowest BCUT2D eigenvalue weighted by Crippen LogP contribution is -2.00. The molecule has 2 rings (SSSR count). The average molecular weight is 359 g/mol. The summed E-state index contributed by atoms with van der Waals surface area (Å²) in [6.07, 6.45) is 5.46. The highest BCUT2D eigenvalue weighted by molar-refractivity contribution is 9.11. The van der Waals surface area contributed by atoms with E-state index in [1.807, 2.05) is 0 Å². The van der Waals surface area contributed by atoms with Gasteiger partial charge in [-0.15, -0.1) is 11.3 Å². The van der Waals surface area contributed by atoms with Gasteiger partial charge in [-0.3, -0.25) is 0 Å². The fraction of sp³-hybridized carbons (Fsp3) is 0.600. The maximum atomic E-state index is 6.02. The summed E-state index contributed by atoms with van der Waals surface area (Å²) in [4.78, 5) is 1.85. The summed E-state index contributed by atoms with van der Waals surface area (Å²) >= 11 is 15.0. The summed E-state index contributed by atoms with van der Waals surface area (Å²) in [5.41, 5.74) is 0. The summed E-state index contributed by atoms with van der Waals surface area (Å²) in [6, 6.07) is 2.08. The Morgan fingerprint density at radius 3 is 2.57 bits per heavy atom. The quantitative estimate of drug-likeness (QED) is 0.587. The van der Waals surface area contributed by atoms with Crippen LogP contribution in [0.4, 0.5) is 0 Å². The predicted octanol–water partition coefficient (Wildman–Crippen LogP) is 5.79. The number of halogens is 3. The van der Waals surface area contributed by atoms with Gasteiger partial charge in [-0.25, -0.2) is 0 Å². The van der Waals surface area contributed by atoms with Crippen LogP contribution in [0, 0.1) is 5.92 Å². The zero-order valence-electron chi connectivity index (χ0n) is 7.60. The molecule has 0 amide bonds. The molecule has 1 heterocycles. The van der Waals surface area contributed by atoms with Crippen molar-refractivity contribution in [2.45, 2.75) is 30.5 Å². The van der Waals surface area contributed by atoms with Crippen LogP contribution in [0.3, 0.4) is 0 Å². The van der Waals surface area contributed by atoms with E-state index < -0.39 is 0 Å². The van der Waals surface area contributed by atoms with Gasteiger partial charge in [0.1, 0.15) is 0 Å². The average Bonchev–Trinajstić information content (AvgIpc) is 2.76. The molecule has 4 heteroatoms. The van der Waals surface area contributed by atoms with Gasteiger partial charge in [0.15, 0.2) is 0 Å². The van der Waals surface area contributed by atoms with Crippen molar-refractivity contribution in [1.29, 1.82) is 0 Å². The minimum absolute atomic E-state index is 0.499. The van der Waals surface area contributed by atoms with Crippen LogP contribution in [0.15, 0.2) is 9.85 Å². The van der Waals surface area contributed by atoms with Crippen LogP contribution in [-0.2, 0) is 0 Å². The van der Waals surface area contributed by atoms with Gasteiger partial charge in [0.05, 0.1) is 13.6 Å². The molecule has 78 valence electrons. The zero-order chi connectivity index (χ0) is 10.1. The molecule has 1 aliphatic carbocycles. The van der Waals surface area contributed by atoms with Gasteiger partial charge in [0.25, 0.3) is 0 Å². The Labute approximate surface area is 110 Å². The van der Waals surface area contributed by atoms with Crippen molar-refractivity contribution < 1.29 is 0 Å². The first-order chi connectivity index (χ1) is 6.68. The molecule has 1 saturated carbocycles. The number of alkyl halides is 1. The van der Waals surface area contributed by atoms with Crippen LogP contribution in [-0.4, -0.2) is 0 Å². The molecule has 0 aliphatic heterocycles. The van der Waals surface area contributed by atoms with Gasteiger partial charge in [-0.05, 0) is 40.8 Å². The second-order valence-corrected chi connectivity index (χ2v) is 7.51. The van der Waals surface area contributed by atoms with Crippen molar-refractivity contribution in [3.05, 3.63) is 19.8 Å². The molecule has 0 saturated heterocycles. The first-order valence-corrected chi connectivity index (χ1v) is 7.67. The monoisotopic (exact) mass is 356 g/mol. The molecule has 1 atom stereocenters. The van der Waals surface area contributed by atoms with E-state index in [0.29, 0.717) is 4.83 Å². The maximum absolute atomic E-state index is 6.02. The van der Waals surface area contributed by atoms with Crippen LogP contribution in [0.2, 0.25) is 5.02 Å². The smallest absolute Gasteiger partial charge is 0.0887 e. The number of hydrogen-bond donors (Lipinski definition) is 0. The predicted molar refractivity (Wildman–Crippen MR) is 70.7 cm³/mol. The zero-order valence-corrected chi connectivity index (χ0v) is 12.3. The highest BCUT2D eigenvalue weighted by Gasteiger charge is 2.25. The van der Waals surface area contributed by atoms with Crippen molar-refractivity contribution in [1.82, 2.24) is 0 Å². The van der Waals surface area contributed by atoms with Gasteiger partial charge in [0, 0.05) is 4.88 Å². The molecule has 0 spiro atoms. The van der Waals surface area contributed by atoms with E-state index in [-0.39, 0.29) is 0 Å². The second-order valence-electron chi connectivity index (χ2n) is 3.72. The SMILES string of the molecule is Clc1cc(C(Br)C2CCCC2)sc1Br. The third-order valence-electron chi connectivity index (χ3n) is 2.75. The molecule has 0 nitrogen and oxygen atoms in total. The molecule has 1 aromatic rings. The summed E-state index contributed by atoms with van der Waals surface area (Å²) < 4.78 is 1.05. The standard InChI is InChI=1S/C10H11Br2ClS/c11-9(6-3-1-2-4-6)8-5-7(13)10(12)14-8/h5-6,9H,1-4H2. The van der Waals surface area contributed by atoms with Crippen LogP contribution < -0.4 is 0 Å². The van der Waals surface area contributed by atoms with E-state index in [9.17, 15) is 0 Å². The van der Waals surface area contributed by atoms with Crippen LogP contribution in [0.5, 0.6) is 0 Å². The third-order valence-corrected chi connectivity index (χ3v) is 6.85. The molecule has 0 bridgehead atoms. The van der Waals surface area contributed by atoms with Gasteiger partial charge < -0.3 is 0 Å². The normalized spacial score (nSPS) is 20.2. The Hall–Kier alpha value is 0.950. The number of thiophene rings is 1. The Bertz CT molecular complexity index is 298. The van der Waals surface area contributed by atoms with Crippen molar-refractivity contribution in [3.63, 3.8) is 0 Å². The van der Waals surface area contributed by atoms with Crippen molar-refractivity contribution in [2.75, 3.05) is 0 Å². The van der Waals surface area contributed by atoms with E-state index >= 15 is 0 Å². The molecule has 0 N–H and O–H groups in total. The minimum atomic E-state index is 0.499. The highest BCUT2D eigenvalue weighted by Crippen LogP contribution is 2.46. The maximum Gasteiger partial charge on any atom is 0.0887 e.